The molecule has 2 rings (SSSR count). The molecule has 1 aromatic heterocycles. The van der Waals surface area contributed by atoms with Crippen LogP contribution < -0.4 is 22.3 Å². The molecule has 0 aliphatic heterocycles. The SMILES string of the molecule is C=CC(N)/C=C\C=Nc1cc(N)c(=O)[nH]c1Nc1ccccc1. The highest BCUT2D eigenvalue weighted by Gasteiger charge is 2.06. The number of aliphatic imine (C=N–C) groups is 1. The minimum absolute atomic E-state index is 0.0996. The molecule has 1 atom stereocenters. The summed E-state index contributed by atoms with van der Waals surface area (Å²) in [6.45, 7) is 3.59. The standard InChI is InChI=1S/C17H19N5O/c1-2-12(18)7-6-10-20-15-11-14(19)17(23)22-16(15)21-13-8-4-3-5-9-13/h2-12H,1,18-19H2,(H2,21,22,23)/b7-6-,20-10?. The molecule has 6 nitrogen and oxygen atoms in total. The Morgan fingerprint density at radius 2 is 2.04 bits per heavy atom. The molecule has 2 aromatic rings. The Balaban J connectivity index is 2.28. The van der Waals surface area contributed by atoms with Crippen molar-refractivity contribution in [2.75, 3.05) is 11.1 Å². The average Bonchev–Trinajstić information content (AvgIpc) is 2.56. The first-order valence-corrected chi connectivity index (χ1v) is 7.04. The van der Waals surface area contributed by atoms with E-state index >= 15 is 0 Å². The number of pyridine rings is 1. The second-order valence-corrected chi connectivity index (χ2v) is 4.78. The van der Waals surface area contributed by atoms with Crippen LogP contribution in [0.3, 0.4) is 0 Å². The number of allylic oxidation sites excluding steroid dienone is 1. The van der Waals surface area contributed by atoms with Crippen LogP contribution in [0.4, 0.5) is 22.9 Å². The quantitative estimate of drug-likeness (QED) is 0.485. The molecule has 23 heavy (non-hydrogen) atoms. The molecular weight excluding hydrogens is 290 g/mol. The lowest BCUT2D eigenvalue weighted by molar-refractivity contribution is 1.03. The Morgan fingerprint density at radius 3 is 2.74 bits per heavy atom. The Bertz CT molecular complexity index is 777. The van der Waals surface area contributed by atoms with Gasteiger partial charge in [-0.15, -0.1) is 6.58 Å². The third-order valence-electron chi connectivity index (χ3n) is 3.00. The summed E-state index contributed by atoms with van der Waals surface area (Å²) in [5.74, 6) is 0.466. The molecule has 0 saturated carbocycles. The maximum Gasteiger partial charge on any atom is 0.272 e. The molecule has 1 heterocycles. The first-order valence-electron chi connectivity index (χ1n) is 7.04. The fourth-order valence-corrected chi connectivity index (χ4v) is 1.78. The van der Waals surface area contributed by atoms with Gasteiger partial charge in [0.15, 0.2) is 0 Å². The maximum absolute atomic E-state index is 11.7. The number of aromatic nitrogens is 1. The summed E-state index contributed by atoms with van der Waals surface area (Å²) in [5.41, 5.74) is 12.4. The number of nitrogens with two attached hydrogens (primary N) is 2. The lowest BCUT2D eigenvalue weighted by Crippen LogP contribution is -2.13. The van der Waals surface area contributed by atoms with E-state index in [0.717, 1.165) is 5.69 Å². The summed E-state index contributed by atoms with van der Waals surface area (Å²) in [7, 11) is 0. The number of benzene rings is 1. The van der Waals surface area contributed by atoms with Crippen LogP contribution in [0.5, 0.6) is 0 Å². The van der Waals surface area contributed by atoms with Crippen molar-refractivity contribution in [1.29, 1.82) is 0 Å². The summed E-state index contributed by atoms with van der Waals surface area (Å²) in [6, 6.07) is 10.7. The predicted octanol–water partition coefficient (Wildman–Crippen LogP) is 2.47. The lowest BCUT2D eigenvalue weighted by Gasteiger charge is -2.09. The van der Waals surface area contributed by atoms with E-state index in [1.54, 1.807) is 24.4 Å². The van der Waals surface area contributed by atoms with Gasteiger partial charge in [0.25, 0.3) is 5.56 Å². The summed E-state index contributed by atoms with van der Waals surface area (Å²) in [4.78, 5) is 18.7. The maximum atomic E-state index is 11.7. The van der Waals surface area contributed by atoms with Crippen molar-refractivity contribution in [3.8, 4) is 0 Å². The van der Waals surface area contributed by atoms with Crippen molar-refractivity contribution in [1.82, 2.24) is 4.98 Å². The van der Waals surface area contributed by atoms with Crippen LogP contribution in [0.25, 0.3) is 0 Å². The number of nitrogens with zero attached hydrogens (tertiary/aromatic N) is 1. The van der Waals surface area contributed by atoms with Gasteiger partial charge in [-0.2, -0.15) is 0 Å². The van der Waals surface area contributed by atoms with Gasteiger partial charge in [0.05, 0.1) is 5.69 Å². The minimum Gasteiger partial charge on any atom is -0.394 e. The summed E-state index contributed by atoms with van der Waals surface area (Å²) >= 11 is 0. The van der Waals surface area contributed by atoms with Crippen molar-refractivity contribution in [3.63, 3.8) is 0 Å². The molecule has 6 heteroatoms. The van der Waals surface area contributed by atoms with Crippen LogP contribution >= 0.6 is 0 Å². The van der Waals surface area contributed by atoms with E-state index in [2.05, 4.69) is 21.9 Å². The van der Waals surface area contributed by atoms with Gasteiger partial charge in [0.1, 0.15) is 11.5 Å². The highest BCUT2D eigenvalue weighted by atomic mass is 16.1. The number of hydrogen-bond donors (Lipinski definition) is 4. The van der Waals surface area contributed by atoms with Crippen molar-refractivity contribution in [2.45, 2.75) is 6.04 Å². The third-order valence-corrected chi connectivity index (χ3v) is 3.00. The second-order valence-electron chi connectivity index (χ2n) is 4.78. The van der Waals surface area contributed by atoms with E-state index in [9.17, 15) is 4.79 Å². The molecular formula is C17H19N5O. The number of hydrogen-bond acceptors (Lipinski definition) is 5. The number of nitrogen functional groups attached to an aromatic ring is 1. The summed E-state index contributed by atoms with van der Waals surface area (Å²) in [6.07, 6.45) is 6.65. The minimum atomic E-state index is -0.369. The molecule has 0 saturated heterocycles. The number of anilines is 3. The van der Waals surface area contributed by atoms with Crippen LogP contribution in [0.15, 0.2) is 71.0 Å². The van der Waals surface area contributed by atoms with Gasteiger partial charge in [-0.3, -0.25) is 9.79 Å². The van der Waals surface area contributed by atoms with E-state index in [1.165, 1.54) is 6.07 Å². The first kappa shape index (κ1) is 16.3. The number of para-hydroxylation sites is 1. The van der Waals surface area contributed by atoms with Crippen LogP contribution in [0, 0.1) is 0 Å². The predicted molar refractivity (Wildman–Crippen MR) is 96.7 cm³/mol. The Hall–Kier alpha value is -3.12. The highest BCUT2D eigenvalue weighted by Crippen LogP contribution is 2.25. The van der Waals surface area contributed by atoms with Crippen molar-refractivity contribution >= 4 is 29.1 Å². The zero-order chi connectivity index (χ0) is 16.7. The summed E-state index contributed by atoms with van der Waals surface area (Å²) < 4.78 is 0. The van der Waals surface area contributed by atoms with Gasteiger partial charge in [0, 0.05) is 17.9 Å². The molecule has 0 fully saturated rings. The average molecular weight is 309 g/mol. The monoisotopic (exact) mass is 309 g/mol. The van der Waals surface area contributed by atoms with Crippen molar-refractivity contribution in [3.05, 3.63) is 71.6 Å². The van der Waals surface area contributed by atoms with Gasteiger partial charge in [-0.25, -0.2) is 0 Å². The molecule has 0 spiro atoms. The normalized spacial score (nSPS) is 12.6. The van der Waals surface area contributed by atoms with E-state index < -0.39 is 0 Å². The molecule has 0 aliphatic rings. The molecule has 0 amide bonds. The molecule has 118 valence electrons. The molecule has 0 radical (unpaired) electrons. The van der Waals surface area contributed by atoms with E-state index in [0.29, 0.717) is 11.5 Å². The van der Waals surface area contributed by atoms with Gasteiger partial charge in [0.2, 0.25) is 0 Å². The Kier molecular flexibility index (Phi) is 5.49. The second kappa shape index (κ2) is 7.77. The van der Waals surface area contributed by atoms with Crippen molar-refractivity contribution < 1.29 is 0 Å². The fraction of sp³-hybridized carbons (Fsp3) is 0.0588. The van der Waals surface area contributed by atoms with Crippen molar-refractivity contribution in [2.24, 2.45) is 10.7 Å². The number of aromatic amines is 1. The molecule has 1 aromatic carbocycles. The van der Waals surface area contributed by atoms with Gasteiger partial charge >= 0.3 is 0 Å². The molecule has 1 unspecified atom stereocenters. The Labute approximate surface area is 134 Å². The highest BCUT2D eigenvalue weighted by molar-refractivity contribution is 5.80. The number of rotatable bonds is 6. The topological polar surface area (TPSA) is 109 Å². The smallest absolute Gasteiger partial charge is 0.272 e. The molecule has 6 N–H and O–H groups in total. The zero-order valence-corrected chi connectivity index (χ0v) is 12.6. The zero-order valence-electron chi connectivity index (χ0n) is 12.6. The first-order chi connectivity index (χ1) is 11.1. The van der Waals surface area contributed by atoms with Gasteiger partial charge in [-0.05, 0) is 24.3 Å². The largest absolute Gasteiger partial charge is 0.394 e. The van der Waals surface area contributed by atoms with E-state index in [4.69, 9.17) is 11.5 Å². The molecule has 0 bridgehead atoms. The lowest BCUT2D eigenvalue weighted by atomic mass is 10.3. The van der Waals surface area contributed by atoms with E-state index in [-0.39, 0.29) is 17.3 Å². The van der Waals surface area contributed by atoms with Gasteiger partial charge < -0.3 is 21.8 Å². The van der Waals surface area contributed by atoms with Gasteiger partial charge in [-0.1, -0.05) is 30.4 Å². The Morgan fingerprint density at radius 1 is 1.30 bits per heavy atom. The molecule has 0 aliphatic carbocycles. The number of nitrogens with one attached hydrogen (secondary N) is 2. The summed E-state index contributed by atoms with van der Waals surface area (Å²) in [5, 5.41) is 3.11. The van der Waals surface area contributed by atoms with Crippen LogP contribution in [0.2, 0.25) is 0 Å². The van der Waals surface area contributed by atoms with E-state index in [1.807, 2.05) is 30.3 Å². The third kappa shape index (κ3) is 4.69. The van der Waals surface area contributed by atoms with Crippen LogP contribution in [-0.4, -0.2) is 17.2 Å². The van der Waals surface area contributed by atoms with Crippen LogP contribution in [-0.2, 0) is 0 Å². The fourth-order valence-electron chi connectivity index (χ4n) is 1.78. The number of H-pyrrole nitrogens is 1. The van der Waals surface area contributed by atoms with Crippen LogP contribution in [0.1, 0.15) is 0 Å².